The van der Waals surface area contributed by atoms with E-state index in [0.29, 0.717) is 5.69 Å². The average Bonchev–Trinajstić information content (AvgIpc) is 2.78. The van der Waals surface area contributed by atoms with Crippen molar-refractivity contribution in [3.63, 3.8) is 0 Å². The number of hydrogen-bond donors (Lipinski definition) is 2. The van der Waals surface area contributed by atoms with Gasteiger partial charge in [-0.15, -0.1) is 11.8 Å². The van der Waals surface area contributed by atoms with Crippen LogP contribution in [0.1, 0.15) is 10.5 Å². The second-order valence-corrected chi connectivity index (χ2v) is 4.02. The number of aromatic nitrogens is 2. The zero-order valence-corrected chi connectivity index (χ0v) is 9.41. The van der Waals surface area contributed by atoms with Gasteiger partial charge in [-0.3, -0.25) is 5.10 Å². The molecule has 0 aliphatic heterocycles. The number of rotatable bonds is 3. The van der Waals surface area contributed by atoms with Crippen LogP contribution in [-0.4, -0.2) is 27.5 Å². The SMILES string of the molecule is CSc1ccccc1-c1cc(C(=O)O)[nH]n1. The molecule has 16 heavy (non-hydrogen) atoms. The van der Waals surface area contributed by atoms with Gasteiger partial charge < -0.3 is 5.11 Å². The van der Waals surface area contributed by atoms with E-state index in [1.165, 1.54) is 6.07 Å². The van der Waals surface area contributed by atoms with E-state index in [-0.39, 0.29) is 5.69 Å². The lowest BCUT2D eigenvalue weighted by molar-refractivity contribution is 0.0690. The molecule has 0 amide bonds. The quantitative estimate of drug-likeness (QED) is 0.801. The minimum Gasteiger partial charge on any atom is -0.477 e. The Kier molecular flexibility index (Phi) is 2.96. The molecule has 2 aromatic rings. The van der Waals surface area contributed by atoms with Crippen LogP contribution in [0.25, 0.3) is 11.3 Å². The van der Waals surface area contributed by atoms with E-state index in [9.17, 15) is 4.79 Å². The van der Waals surface area contributed by atoms with Crippen molar-refractivity contribution < 1.29 is 9.90 Å². The summed E-state index contributed by atoms with van der Waals surface area (Å²) in [5, 5.41) is 15.3. The van der Waals surface area contributed by atoms with E-state index in [1.807, 2.05) is 30.5 Å². The molecule has 0 spiro atoms. The van der Waals surface area contributed by atoms with Gasteiger partial charge in [0.1, 0.15) is 5.69 Å². The monoisotopic (exact) mass is 234 g/mol. The zero-order valence-electron chi connectivity index (χ0n) is 8.60. The number of aromatic carboxylic acids is 1. The number of aromatic amines is 1. The van der Waals surface area contributed by atoms with Crippen LogP contribution < -0.4 is 0 Å². The highest BCUT2D eigenvalue weighted by molar-refractivity contribution is 7.98. The summed E-state index contributed by atoms with van der Waals surface area (Å²) >= 11 is 1.61. The van der Waals surface area contributed by atoms with E-state index in [2.05, 4.69) is 10.2 Å². The van der Waals surface area contributed by atoms with Crippen LogP contribution in [0, 0.1) is 0 Å². The summed E-state index contributed by atoms with van der Waals surface area (Å²) in [7, 11) is 0. The van der Waals surface area contributed by atoms with Gasteiger partial charge in [-0.05, 0) is 18.4 Å². The Labute approximate surface area is 96.7 Å². The van der Waals surface area contributed by atoms with Crippen molar-refractivity contribution in [2.24, 2.45) is 0 Å². The lowest BCUT2D eigenvalue weighted by Crippen LogP contribution is -1.95. The van der Waals surface area contributed by atoms with Gasteiger partial charge in [0.25, 0.3) is 0 Å². The van der Waals surface area contributed by atoms with Crippen molar-refractivity contribution in [2.45, 2.75) is 4.90 Å². The summed E-state index contributed by atoms with van der Waals surface area (Å²) < 4.78 is 0. The van der Waals surface area contributed by atoms with Crippen LogP contribution in [0.3, 0.4) is 0 Å². The molecule has 0 saturated heterocycles. The van der Waals surface area contributed by atoms with E-state index in [4.69, 9.17) is 5.11 Å². The van der Waals surface area contributed by atoms with Crippen molar-refractivity contribution in [3.8, 4) is 11.3 Å². The molecule has 0 fully saturated rings. The van der Waals surface area contributed by atoms with Gasteiger partial charge in [-0.25, -0.2) is 4.79 Å². The number of nitrogens with zero attached hydrogens (tertiary/aromatic N) is 1. The molecule has 0 unspecified atom stereocenters. The molecule has 2 rings (SSSR count). The lowest BCUT2D eigenvalue weighted by Gasteiger charge is -2.02. The third-order valence-corrected chi connectivity index (χ3v) is 2.99. The maximum Gasteiger partial charge on any atom is 0.353 e. The maximum absolute atomic E-state index is 10.7. The Bertz CT molecular complexity index is 522. The molecule has 1 aromatic heterocycles. The van der Waals surface area contributed by atoms with Gasteiger partial charge in [0, 0.05) is 10.5 Å². The van der Waals surface area contributed by atoms with Crippen LogP contribution in [0.2, 0.25) is 0 Å². The maximum atomic E-state index is 10.7. The molecule has 5 heteroatoms. The first kappa shape index (κ1) is 10.8. The predicted molar refractivity (Wildman–Crippen MR) is 62.8 cm³/mol. The van der Waals surface area contributed by atoms with E-state index >= 15 is 0 Å². The highest BCUT2D eigenvalue weighted by Gasteiger charge is 2.11. The van der Waals surface area contributed by atoms with Crippen molar-refractivity contribution in [2.75, 3.05) is 6.26 Å². The Hall–Kier alpha value is -1.75. The van der Waals surface area contributed by atoms with Gasteiger partial charge in [0.15, 0.2) is 0 Å². The highest BCUT2D eigenvalue weighted by atomic mass is 32.2. The van der Waals surface area contributed by atoms with Gasteiger partial charge in [-0.2, -0.15) is 5.10 Å². The fourth-order valence-electron chi connectivity index (χ4n) is 1.43. The fourth-order valence-corrected chi connectivity index (χ4v) is 2.03. The van der Waals surface area contributed by atoms with Crippen LogP contribution in [-0.2, 0) is 0 Å². The molecule has 1 aromatic carbocycles. The lowest BCUT2D eigenvalue weighted by atomic mass is 10.1. The van der Waals surface area contributed by atoms with Gasteiger partial charge in [0.05, 0.1) is 5.69 Å². The van der Waals surface area contributed by atoms with Crippen LogP contribution in [0.4, 0.5) is 0 Å². The molecule has 4 nitrogen and oxygen atoms in total. The van der Waals surface area contributed by atoms with E-state index in [0.717, 1.165) is 10.5 Å². The summed E-state index contributed by atoms with van der Waals surface area (Å²) in [5.41, 5.74) is 1.70. The molecule has 82 valence electrons. The minimum absolute atomic E-state index is 0.103. The molecule has 2 N–H and O–H groups in total. The van der Waals surface area contributed by atoms with Crippen LogP contribution in [0.5, 0.6) is 0 Å². The molecule has 0 radical (unpaired) electrons. The van der Waals surface area contributed by atoms with Gasteiger partial charge in [-0.1, -0.05) is 18.2 Å². The van der Waals surface area contributed by atoms with Crippen molar-refractivity contribution in [1.82, 2.24) is 10.2 Å². The van der Waals surface area contributed by atoms with E-state index in [1.54, 1.807) is 11.8 Å². The number of thioether (sulfide) groups is 1. The largest absolute Gasteiger partial charge is 0.477 e. The second kappa shape index (κ2) is 4.40. The molecule has 0 aliphatic carbocycles. The third-order valence-electron chi connectivity index (χ3n) is 2.19. The van der Waals surface area contributed by atoms with Crippen LogP contribution >= 0.6 is 11.8 Å². The van der Waals surface area contributed by atoms with E-state index < -0.39 is 5.97 Å². The van der Waals surface area contributed by atoms with Crippen molar-refractivity contribution in [1.29, 1.82) is 0 Å². The molecular formula is C11H10N2O2S. The number of carboxylic acid groups (broad SMARTS) is 1. The molecule has 0 aliphatic rings. The van der Waals surface area contributed by atoms with Gasteiger partial charge in [0.2, 0.25) is 0 Å². The Morgan fingerprint density at radius 1 is 1.44 bits per heavy atom. The summed E-state index contributed by atoms with van der Waals surface area (Å²) in [6.07, 6.45) is 1.98. The van der Waals surface area contributed by atoms with Crippen molar-refractivity contribution >= 4 is 17.7 Å². The molecule has 0 saturated carbocycles. The molecule has 0 bridgehead atoms. The van der Waals surface area contributed by atoms with Crippen molar-refractivity contribution in [3.05, 3.63) is 36.0 Å². The topological polar surface area (TPSA) is 66.0 Å². The fraction of sp³-hybridized carbons (Fsp3) is 0.0909. The Balaban J connectivity index is 2.46. The Morgan fingerprint density at radius 3 is 2.81 bits per heavy atom. The summed E-state index contributed by atoms with van der Waals surface area (Å²) in [4.78, 5) is 11.8. The first-order valence-electron chi connectivity index (χ1n) is 4.64. The molecular weight excluding hydrogens is 224 g/mol. The second-order valence-electron chi connectivity index (χ2n) is 3.17. The highest BCUT2D eigenvalue weighted by Crippen LogP contribution is 2.28. The number of nitrogens with one attached hydrogen (secondary N) is 1. The minimum atomic E-state index is -1.000. The normalized spacial score (nSPS) is 10.3. The first-order chi connectivity index (χ1) is 7.72. The molecule has 0 atom stereocenters. The summed E-state index contributed by atoms with van der Waals surface area (Å²) in [6, 6.07) is 9.30. The average molecular weight is 234 g/mol. The summed E-state index contributed by atoms with van der Waals surface area (Å²) in [5.74, 6) is -1.000. The predicted octanol–water partition coefficient (Wildman–Crippen LogP) is 2.50. The number of carbonyl (C=O) groups is 1. The number of hydrogen-bond acceptors (Lipinski definition) is 3. The molecule has 1 heterocycles. The van der Waals surface area contributed by atoms with Crippen LogP contribution in [0.15, 0.2) is 35.2 Å². The number of carboxylic acids is 1. The zero-order chi connectivity index (χ0) is 11.5. The standard InChI is InChI=1S/C11H10N2O2S/c1-16-10-5-3-2-4-7(10)8-6-9(11(14)15)13-12-8/h2-6H,1H3,(H,12,13)(H,14,15). The smallest absolute Gasteiger partial charge is 0.353 e. The third kappa shape index (κ3) is 1.94. The van der Waals surface area contributed by atoms with Gasteiger partial charge >= 0.3 is 5.97 Å². The Morgan fingerprint density at radius 2 is 2.19 bits per heavy atom. The number of benzene rings is 1. The number of H-pyrrole nitrogens is 1. The summed E-state index contributed by atoms with van der Waals surface area (Å²) in [6.45, 7) is 0. The first-order valence-corrected chi connectivity index (χ1v) is 5.87.